The predicted molar refractivity (Wildman–Crippen MR) is 85.1 cm³/mol. The first-order valence-corrected chi connectivity index (χ1v) is 8.56. The molecule has 0 aromatic rings. The second-order valence-corrected chi connectivity index (χ2v) is 7.81. The summed E-state index contributed by atoms with van der Waals surface area (Å²) in [4.78, 5) is 16.8. The summed E-state index contributed by atoms with van der Waals surface area (Å²) < 4.78 is 0. The first-order chi connectivity index (χ1) is 9.91. The molecule has 122 valence electrons. The zero-order valence-electron chi connectivity index (χ0n) is 14.0. The maximum absolute atomic E-state index is 12.3. The number of rotatable bonds is 3. The maximum Gasteiger partial charge on any atom is 0.227 e. The second kappa shape index (κ2) is 7.10. The lowest BCUT2D eigenvalue weighted by molar-refractivity contribution is -0.141. The first kappa shape index (κ1) is 16.8. The fraction of sp³-hybridized carbons (Fsp3) is 0.941. The summed E-state index contributed by atoms with van der Waals surface area (Å²) in [5.74, 6) is 0.966. The number of hydrogen-bond acceptors (Lipinski definition) is 3. The van der Waals surface area contributed by atoms with Gasteiger partial charge in [0.15, 0.2) is 0 Å². The van der Waals surface area contributed by atoms with Crippen molar-refractivity contribution in [1.82, 2.24) is 9.80 Å². The summed E-state index contributed by atoms with van der Waals surface area (Å²) in [6.45, 7) is 10.3. The predicted octanol–water partition coefficient (Wildman–Crippen LogP) is 2.12. The summed E-state index contributed by atoms with van der Waals surface area (Å²) in [6, 6.07) is 0.369. The molecule has 2 aliphatic heterocycles. The van der Waals surface area contributed by atoms with E-state index < -0.39 is 0 Å². The van der Waals surface area contributed by atoms with E-state index in [1.807, 2.05) is 25.7 Å². The van der Waals surface area contributed by atoms with Crippen LogP contribution < -0.4 is 0 Å². The van der Waals surface area contributed by atoms with Gasteiger partial charge in [-0.25, -0.2) is 0 Å². The highest BCUT2D eigenvalue weighted by Crippen LogP contribution is 2.26. The number of piperidine rings is 2. The summed E-state index contributed by atoms with van der Waals surface area (Å²) in [5.41, 5.74) is -0.262. The van der Waals surface area contributed by atoms with E-state index in [-0.39, 0.29) is 11.3 Å². The van der Waals surface area contributed by atoms with E-state index in [0.717, 1.165) is 45.4 Å². The third-order valence-corrected chi connectivity index (χ3v) is 5.00. The number of amides is 1. The van der Waals surface area contributed by atoms with E-state index in [0.29, 0.717) is 18.6 Å². The van der Waals surface area contributed by atoms with Gasteiger partial charge in [-0.1, -0.05) is 27.2 Å². The highest BCUT2D eigenvalue weighted by Gasteiger charge is 2.31. The molecule has 0 unspecified atom stereocenters. The van der Waals surface area contributed by atoms with E-state index in [1.165, 1.54) is 12.8 Å². The van der Waals surface area contributed by atoms with Gasteiger partial charge in [0, 0.05) is 31.1 Å². The van der Waals surface area contributed by atoms with Crippen LogP contribution in [-0.2, 0) is 4.79 Å². The van der Waals surface area contributed by atoms with E-state index in [9.17, 15) is 9.90 Å². The Balaban J connectivity index is 1.80. The molecule has 0 spiro atoms. The van der Waals surface area contributed by atoms with Crippen LogP contribution in [-0.4, -0.2) is 59.6 Å². The fourth-order valence-corrected chi connectivity index (χ4v) is 3.63. The fourth-order valence-electron chi connectivity index (χ4n) is 3.63. The van der Waals surface area contributed by atoms with Gasteiger partial charge < -0.3 is 10.0 Å². The van der Waals surface area contributed by atoms with Gasteiger partial charge in [-0.3, -0.25) is 9.69 Å². The minimum absolute atomic E-state index is 0.262. The minimum Gasteiger partial charge on any atom is -0.395 e. The van der Waals surface area contributed by atoms with Gasteiger partial charge in [-0.05, 0) is 38.1 Å². The van der Waals surface area contributed by atoms with Crippen molar-refractivity contribution >= 4 is 5.91 Å². The number of likely N-dealkylation sites (tertiary alicyclic amines) is 2. The molecule has 2 heterocycles. The molecule has 0 radical (unpaired) electrons. The average molecular weight is 296 g/mol. The summed E-state index contributed by atoms with van der Waals surface area (Å²) in [5, 5.41) is 9.50. The van der Waals surface area contributed by atoms with Gasteiger partial charge in [0.25, 0.3) is 0 Å². The van der Waals surface area contributed by atoms with E-state index in [4.69, 9.17) is 0 Å². The molecule has 2 aliphatic rings. The Bertz CT molecular complexity index is 343. The molecule has 1 amide bonds. The molecular formula is C17H32N2O2. The van der Waals surface area contributed by atoms with Crippen molar-refractivity contribution in [3.05, 3.63) is 0 Å². The maximum atomic E-state index is 12.3. The highest BCUT2D eigenvalue weighted by molar-refractivity contribution is 5.81. The van der Waals surface area contributed by atoms with Crippen molar-refractivity contribution in [2.75, 3.05) is 32.8 Å². The number of aliphatic hydroxyl groups excluding tert-OH is 1. The second-order valence-electron chi connectivity index (χ2n) is 7.81. The van der Waals surface area contributed by atoms with Crippen LogP contribution in [0.2, 0.25) is 0 Å². The zero-order chi connectivity index (χ0) is 15.5. The third-order valence-electron chi connectivity index (χ3n) is 5.00. The molecule has 2 fully saturated rings. The first-order valence-electron chi connectivity index (χ1n) is 8.56. The molecule has 21 heavy (non-hydrogen) atoms. The van der Waals surface area contributed by atoms with Crippen LogP contribution in [0.1, 0.15) is 52.9 Å². The molecule has 0 bridgehead atoms. The number of nitrogens with zero attached hydrogens (tertiary/aromatic N) is 2. The van der Waals surface area contributed by atoms with Crippen LogP contribution in [0.4, 0.5) is 0 Å². The van der Waals surface area contributed by atoms with Crippen molar-refractivity contribution in [2.45, 2.75) is 58.9 Å². The Morgan fingerprint density at radius 3 is 2.33 bits per heavy atom. The Hall–Kier alpha value is -0.610. The topological polar surface area (TPSA) is 43.8 Å². The summed E-state index contributed by atoms with van der Waals surface area (Å²) in [6.07, 6.45) is 5.86. The van der Waals surface area contributed by atoms with Crippen molar-refractivity contribution < 1.29 is 9.90 Å². The summed E-state index contributed by atoms with van der Waals surface area (Å²) >= 11 is 0. The van der Waals surface area contributed by atoms with Gasteiger partial charge in [0.2, 0.25) is 5.91 Å². The molecule has 1 N–H and O–H groups in total. The standard InChI is InChI=1S/C17H32N2O2/c1-17(2,3)16(21)18-10-7-14(8-11-18)12-19-9-5-4-6-15(19)13-20/h14-15,20H,4-13H2,1-3H3/t15-/m1/s1. The van der Waals surface area contributed by atoms with Crippen LogP contribution in [0, 0.1) is 11.3 Å². The Morgan fingerprint density at radius 1 is 1.10 bits per heavy atom. The minimum atomic E-state index is -0.262. The number of aliphatic hydroxyl groups is 1. The summed E-state index contributed by atoms with van der Waals surface area (Å²) in [7, 11) is 0. The molecule has 2 saturated heterocycles. The van der Waals surface area contributed by atoms with E-state index in [2.05, 4.69) is 4.90 Å². The third kappa shape index (κ3) is 4.43. The van der Waals surface area contributed by atoms with Crippen LogP contribution in [0.25, 0.3) is 0 Å². The van der Waals surface area contributed by atoms with Gasteiger partial charge >= 0.3 is 0 Å². The lowest BCUT2D eigenvalue weighted by atomic mass is 9.90. The molecule has 0 aromatic heterocycles. The largest absolute Gasteiger partial charge is 0.395 e. The number of carbonyl (C=O) groups is 1. The van der Waals surface area contributed by atoms with E-state index >= 15 is 0 Å². The van der Waals surface area contributed by atoms with E-state index in [1.54, 1.807) is 0 Å². The van der Waals surface area contributed by atoms with Crippen LogP contribution in [0.15, 0.2) is 0 Å². The molecule has 0 aromatic carbocycles. The van der Waals surface area contributed by atoms with Crippen LogP contribution >= 0.6 is 0 Å². The van der Waals surface area contributed by atoms with Crippen LogP contribution in [0.5, 0.6) is 0 Å². The lowest BCUT2D eigenvalue weighted by Gasteiger charge is -2.40. The number of carbonyl (C=O) groups excluding carboxylic acids is 1. The lowest BCUT2D eigenvalue weighted by Crippen LogP contribution is -2.48. The van der Waals surface area contributed by atoms with Gasteiger partial charge in [-0.15, -0.1) is 0 Å². The monoisotopic (exact) mass is 296 g/mol. The number of hydrogen-bond donors (Lipinski definition) is 1. The van der Waals surface area contributed by atoms with Gasteiger partial charge in [0.05, 0.1) is 6.61 Å². The highest BCUT2D eigenvalue weighted by atomic mass is 16.3. The molecule has 1 atom stereocenters. The average Bonchev–Trinajstić information content (AvgIpc) is 2.47. The van der Waals surface area contributed by atoms with Gasteiger partial charge in [0.1, 0.15) is 0 Å². The molecule has 4 nitrogen and oxygen atoms in total. The molecule has 0 aliphatic carbocycles. The SMILES string of the molecule is CC(C)(C)C(=O)N1CCC(CN2CCCC[C@@H]2CO)CC1. The zero-order valence-corrected chi connectivity index (χ0v) is 14.0. The van der Waals surface area contributed by atoms with Crippen molar-refractivity contribution in [3.8, 4) is 0 Å². The van der Waals surface area contributed by atoms with Crippen molar-refractivity contribution in [1.29, 1.82) is 0 Å². The van der Waals surface area contributed by atoms with Crippen molar-refractivity contribution in [2.24, 2.45) is 11.3 Å². The Labute approximate surface area is 129 Å². The Morgan fingerprint density at radius 2 is 1.76 bits per heavy atom. The normalized spacial score (nSPS) is 26.1. The molecule has 4 heteroatoms. The van der Waals surface area contributed by atoms with Crippen molar-refractivity contribution in [3.63, 3.8) is 0 Å². The Kier molecular flexibility index (Phi) is 5.67. The molecule has 0 saturated carbocycles. The quantitative estimate of drug-likeness (QED) is 0.867. The smallest absolute Gasteiger partial charge is 0.227 e. The van der Waals surface area contributed by atoms with Crippen LogP contribution in [0.3, 0.4) is 0 Å². The van der Waals surface area contributed by atoms with Gasteiger partial charge in [-0.2, -0.15) is 0 Å². The molecular weight excluding hydrogens is 264 g/mol. The molecule has 2 rings (SSSR count).